The van der Waals surface area contributed by atoms with Crippen LogP contribution in [-0.2, 0) is 16.1 Å². The summed E-state index contributed by atoms with van der Waals surface area (Å²) in [6, 6.07) is 18.7. The fourth-order valence-corrected chi connectivity index (χ4v) is 3.78. The minimum absolute atomic E-state index is 0.102. The van der Waals surface area contributed by atoms with Gasteiger partial charge >= 0.3 is 0 Å². The summed E-state index contributed by atoms with van der Waals surface area (Å²) in [5, 5.41) is 9.00. The molecule has 4 rings (SSSR count). The summed E-state index contributed by atoms with van der Waals surface area (Å²) in [6.45, 7) is 1.80. The molecule has 124 valence electrons. The quantitative estimate of drug-likeness (QED) is 0.809. The van der Waals surface area contributed by atoms with Crippen molar-refractivity contribution in [3.05, 3.63) is 65.7 Å². The van der Waals surface area contributed by atoms with E-state index in [0.717, 1.165) is 5.56 Å². The molecule has 0 aliphatic carbocycles. The molecule has 5 nitrogen and oxygen atoms in total. The van der Waals surface area contributed by atoms with E-state index in [4.69, 9.17) is 5.26 Å². The van der Waals surface area contributed by atoms with E-state index in [1.54, 1.807) is 18.2 Å². The number of carbonyl (C=O) groups is 2. The van der Waals surface area contributed by atoms with Crippen molar-refractivity contribution in [1.82, 2.24) is 4.90 Å². The van der Waals surface area contributed by atoms with Crippen molar-refractivity contribution >= 4 is 17.5 Å². The van der Waals surface area contributed by atoms with E-state index >= 15 is 0 Å². The van der Waals surface area contributed by atoms with Gasteiger partial charge in [0.15, 0.2) is 0 Å². The Bertz CT molecular complexity index is 848. The molecule has 2 aromatic carbocycles. The second-order valence-electron chi connectivity index (χ2n) is 6.57. The summed E-state index contributed by atoms with van der Waals surface area (Å²) >= 11 is 0. The molecule has 2 aliphatic heterocycles. The summed E-state index contributed by atoms with van der Waals surface area (Å²) in [4.78, 5) is 28.9. The first-order valence-corrected chi connectivity index (χ1v) is 8.31. The summed E-state index contributed by atoms with van der Waals surface area (Å²) in [5.41, 5.74) is 2.30. The van der Waals surface area contributed by atoms with Crippen LogP contribution in [0.5, 0.6) is 0 Å². The molecule has 0 N–H and O–H groups in total. The third-order valence-electron chi connectivity index (χ3n) is 4.95. The van der Waals surface area contributed by atoms with Crippen molar-refractivity contribution in [2.75, 3.05) is 18.0 Å². The van der Waals surface area contributed by atoms with Crippen LogP contribution in [0.2, 0.25) is 0 Å². The molecule has 0 spiro atoms. The maximum atomic E-state index is 12.7. The van der Waals surface area contributed by atoms with Crippen LogP contribution in [0.25, 0.3) is 0 Å². The maximum Gasteiger partial charge on any atom is 0.239 e. The molecule has 2 fully saturated rings. The number of likely N-dealkylation sites (tertiary alicyclic amines) is 1. The second kappa shape index (κ2) is 6.15. The second-order valence-corrected chi connectivity index (χ2v) is 6.57. The van der Waals surface area contributed by atoms with Gasteiger partial charge < -0.3 is 0 Å². The van der Waals surface area contributed by atoms with Gasteiger partial charge in [0, 0.05) is 19.6 Å². The van der Waals surface area contributed by atoms with Crippen molar-refractivity contribution in [2.45, 2.75) is 6.54 Å². The lowest BCUT2D eigenvalue weighted by atomic mass is 10.00. The molecule has 2 atom stereocenters. The van der Waals surface area contributed by atoms with Gasteiger partial charge in [-0.15, -0.1) is 0 Å². The molecular weight excluding hydrogens is 314 g/mol. The SMILES string of the molecule is N#Cc1cccc(CN2CC3C(=O)N(c4ccccc4)C(=O)C3C2)c1. The lowest BCUT2D eigenvalue weighted by Gasteiger charge is -2.20. The average molecular weight is 331 g/mol. The number of benzene rings is 2. The number of nitriles is 1. The molecule has 5 heteroatoms. The molecule has 2 heterocycles. The normalized spacial score (nSPS) is 22.9. The molecule has 2 amide bonds. The Labute approximate surface area is 146 Å². The number of anilines is 1. The number of amides is 2. The maximum absolute atomic E-state index is 12.7. The molecule has 2 aromatic rings. The standard InChI is InChI=1S/C20H17N3O2/c21-10-14-5-4-6-15(9-14)11-22-12-17-18(13-22)20(25)23(19(17)24)16-7-2-1-3-8-16/h1-9,17-18H,11-13H2. The first-order valence-electron chi connectivity index (χ1n) is 8.31. The van der Waals surface area contributed by atoms with E-state index in [1.807, 2.05) is 36.4 Å². The zero-order chi connectivity index (χ0) is 17.4. The fourth-order valence-electron chi connectivity index (χ4n) is 3.78. The smallest absolute Gasteiger partial charge is 0.239 e. The van der Waals surface area contributed by atoms with Gasteiger partial charge in [-0.1, -0.05) is 30.3 Å². The van der Waals surface area contributed by atoms with Crippen molar-refractivity contribution < 1.29 is 9.59 Å². The molecule has 25 heavy (non-hydrogen) atoms. The van der Waals surface area contributed by atoms with Gasteiger partial charge in [-0.2, -0.15) is 5.26 Å². The number of hydrogen-bond acceptors (Lipinski definition) is 4. The van der Waals surface area contributed by atoms with Gasteiger partial charge in [0.2, 0.25) is 11.8 Å². The Morgan fingerprint density at radius 3 is 2.28 bits per heavy atom. The van der Waals surface area contributed by atoms with Gasteiger partial charge in [-0.05, 0) is 29.8 Å². The highest BCUT2D eigenvalue weighted by atomic mass is 16.2. The number of imide groups is 1. The predicted molar refractivity (Wildman–Crippen MR) is 92.3 cm³/mol. The summed E-state index contributed by atoms with van der Waals surface area (Å²) < 4.78 is 0. The first-order chi connectivity index (χ1) is 12.2. The van der Waals surface area contributed by atoms with Gasteiger partial charge in [0.1, 0.15) is 0 Å². The Morgan fingerprint density at radius 2 is 1.64 bits per heavy atom. The van der Waals surface area contributed by atoms with Gasteiger partial charge in [0.05, 0.1) is 29.2 Å². The van der Waals surface area contributed by atoms with Crippen LogP contribution in [0, 0.1) is 23.2 Å². The summed E-state index contributed by atoms with van der Waals surface area (Å²) in [7, 11) is 0. The van der Waals surface area contributed by atoms with Crippen LogP contribution >= 0.6 is 0 Å². The number of para-hydroxylation sites is 1. The zero-order valence-corrected chi connectivity index (χ0v) is 13.6. The number of nitrogens with zero attached hydrogens (tertiary/aromatic N) is 3. The van der Waals surface area contributed by atoms with E-state index in [1.165, 1.54) is 4.90 Å². The molecule has 2 unspecified atom stereocenters. The largest absolute Gasteiger partial charge is 0.297 e. The van der Waals surface area contributed by atoms with E-state index in [2.05, 4.69) is 11.0 Å². The monoisotopic (exact) mass is 331 g/mol. The number of hydrogen-bond donors (Lipinski definition) is 0. The van der Waals surface area contributed by atoms with Crippen LogP contribution in [0.3, 0.4) is 0 Å². The van der Waals surface area contributed by atoms with Crippen molar-refractivity contribution in [3.8, 4) is 6.07 Å². The fraction of sp³-hybridized carbons (Fsp3) is 0.250. The van der Waals surface area contributed by atoms with Crippen molar-refractivity contribution in [2.24, 2.45) is 11.8 Å². The van der Waals surface area contributed by atoms with E-state index in [-0.39, 0.29) is 23.7 Å². The highest BCUT2D eigenvalue weighted by molar-refractivity contribution is 6.22. The Balaban J connectivity index is 1.50. The van der Waals surface area contributed by atoms with E-state index in [9.17, 15) is 9.59 Å². The van der Waals surface area contributed by atoms with Crippen LogP contribution in [0.1, 0.15) is 11.1 Å². The Morgan fingerprint density at radius 1 is 0.960 bits per heavy atom. The third kappa shape index (κ3) is 2.71. The zero-order valence-electron chi connectivity index (χ0n) is 13.6. The van der Waals surface area contributed by atoms with Crippen LogP contribution in [0.15, 0.2) is 54.6 Å². The molecule has 0 saturated carbocycles. The summed E-state index contributed by atoms with van der Waals surface area (Å²) in [5.74, 6) is -0.748. The molecule has 0 aromatic heterocycles. The van der Waals surface area contributed by atoms with E-state index in [0.29, 0.717) is 30.9 Å². The highest BCUT2D eigenvalue weighted by Gasteiger charge is 2.52. The Hall–Kier alpha value is -2.97. The lowest BCUT2D eigenvalue weighted by Crippen LogP contribution is -2.35. The Kier molecular flexibility index (Phi) is 3.83. The number of fused-ring (bicyclic) bond motifs is 1. The highest BCUT2D eigenvalue weighted by Crippen LogP contribution is 2.36. The van der Waals surface area contributed by atoms with Gasteiger partial charge in [-0.3, -0.25) is 14.5 Å². The third-order valence-corrected chi connectivity index (χ3v) is 4.95. The molecular formula is C20H17N3O2. The van der Waals surface area contributed by atoms with Crippen molar-refractivity contribution in [3.63, 3.8) is 0 Å². The minimum atomic E-state index is -0.271. The topological polar surface area (TPSA) is 64.4 Å². The molecule has 2 aliphatic rings. The van der Waals surface area contributed by atoms with Gasteiger partial charge in [-0.25, -0.2) is 4.90 Å². The van der Waals surface area contributed by atoms with Crippen LogP contribution < -0.4 is 4.90 Å². The summed E-state index contributed by atoms with van der Waals surface area (Å²) in [6.07, 6.45) is 0. The van der Waals surface area contributed by atoms with Crippen LogP contribution in [-0.4, -0.2) is 29.8 Å². The molecule has 0 bridgehead atoms. The van der Waals surface area contributed by atoms with E-state index < -0.39 is 0 Å². The lowest BCUT2D eigenvalue weighted by molar-refractivity contribution is -0.123. The molecule has 2 saturated heterocycles. The number of rotatable bonds is 3. The van der Waals surface area contributed by atoms with Gasteiger partial charge in [0.25, 0.3) is 0 Å². The average Bonchev–Trinajstić information content (AvgIpc) is 3.15. The molecule has 0 radical (unpaired) electrons. The number of carbonyl (C=O) groups excluding carboxylic acids is 2. The van der Waals surface area contributed by atoms with Crippen molar-refractivity contribution in [1.29, 1.82) is 5.26 Å². The van der Waals surface area contributed by atoms with Crippen LogP contribution in [0.4, 0.5) is 5.69 Å². The first kappa shape index (κ1) is 15.6. The predicted octanol–water partition coefficient (Wildman–Crippen LogP) is 2.18. The minimum Gasteiger partial charge on any atom is -0.297 e.